The standard InChI is InChI=1S/C15H19N3O4S2/c1-18(2)14-16-13-10(24-14)7-9(23-13)12(21)17-15(8-11(19)20)3-5-22-6-4-15/h7H,3-6,8H2,1-2H3,(H,17,21)(H,19,20). The van der Waals surface area contributed by atoms with Gasteiger partial charge in [-0.25, -0.2) is 4.98 Å². The molecule has 24 heavy (non-hydrogen) atoms. The van der Waals surface area contributed by atoms with Crippen LogP contribution in [0.4, 0.5) is 5.13 Å². The molecule has 7 nitrogen and oxygen atoms in total. The number of hydrogen-bond acceptors (Lipinski definition) is 7. The zero-order valence-corrected chi connectivity index (χ0v) is 15.1. The average molecular weight is 369 g/mol. The van der Waals surface area contributed by atoms with Gasteiger partial charge in [-0.1, -0.05) is 11.3 Å². The fourth-order valence-electron chi connectivity index (χ4n) is 2.73. The van der Waals surface area contributed by atoms with Crippen LogP contribution in [-0.2, 0) is 9.53 Å². The summed E-state index contributed by atoms with van der Waals surface area (Å²) < 4.78 is 6.28. The van der Waals surface area contributed by atoms with Gasteiger partial charge in [0, 0.05) is 27.3 Å². The molecule has 0 spiro atoms. The second kappa shape index (κ2) is 6.66. The van der Waals surface area contributed by atoms with Crippen LogP contribution in [0.25, 0.3) is 9.53 Å². The lowest BCUT2D eigenvalue weighted by Crippen LogP contribution is -2.53. The van der Waals surface area contributed by atoms with Crippen molar-refractivity contribution in [1.82, 2.24) is 10.3 Å². The third-order valence-electron chi connectivity index (χ3n) is 4.00. The lowest BCUT2D eigenvalue weighted by molar-refractivity contribution is -0.139. The summed E-state index contributed by atoms with van der Waals surface area (Å²) in [4.78, 5) is 31.6. The molecular weight excluding hydrogens is 350 g/mol. The van der Waals surface area contributed by atoms with Gasteiger partial charge in [0.1, 0.15) is 4.83 Å². The van der Waals surface area contributed by atoms with Crippen LogP contribution in [0.15, 0.2) is 6.07 Å². The van der Waals surface area contributed by atoms with Crippen LogP contribution in [0.2, 0.25) is 0 Å². The molecule has 1 aliphatic heterocycles. The molecule has 2 N–H and O–H groups in total. The second-order valence-corrected chi connectivity index (χ2v) is 8.13. The minimum absolute atomic E-state index is 0.0924. The number of nitrogens with zero attached hydrogens (tertiary/aromatic N) is 2. The quantitative estimate of drug-likeness (QED) is 0.839. The van der Waals surface area contributed by atoms with Gasteiger partial charge in [0.2, 0.25) is 0 Å². The number of carbonyl (C=O) groups is 2. The Morgan fingerprint density at radius 1 is 1.38 bits per heavy atom. The number of nitrogens with one attached hydrogen (secondary N) is 1. The zero-order chi connectivity index (χ0) is 17.3. The maximum absolute atomic E-state index is 12.6. The predicted molar refractivity (Wildman–Crippen MR) is 94.3 cm³/mol. The molecule has 2 aromatic heterocycles. The van der Waals surface area contributed by atoms with Gasteiger partial charge in [-0.05, 0) is 18.9 Å². The first-order chi connectivity index (χ1) is 11.4. The number of aliphatic carboxylic acids is 1. The number of carboxylic acids is 1. The molecular formula is C15H19N3O4S2. The Bertz CT molecular complexity index is 730. The Balaban J connectivity index is 1.79. The van der Waals surface area contributed by atoms with Crippen LogP contribution in [-0.4, -0.2) is 54.8 Å². The molecule has 3 heterocycles. The number of anilines is 1. The highest BCUT2D eigenvalue weighted by atomic mass is 32.1. The molecule has 3 rings (SSSR count). The predicted octanol–water partition coefficient (Wildman–Crippen LogP) is 2.18. The summed E-state index contributed by atoms with van der Waals surface area (Å²) in [6, 6.07) is 1.83. The molecule has 0 unspecified atom stereocenters. The highest BCUT2D eigenvalue weighted by Crippen LogP contribution is 2.34. The molecule has 130 valence electrons. The molecule has 0 aromatic carbocycles. The molecule has 1 aliphatic rings. The molecule has 0 saturated carbocycles. The molecule has 9 heteroatoms. The minimum Gasteiger partial charge on any atom is -0.481 e. The third-order valence-corrected chi connectivity index (χ3v) is 6.33. The molecule has 2 aromatic rings. The maximum atomic E-state index is 12.6. The summed E-state index contributed by atoms with van der Waals surface area (Å²) in [6.45, 7) is 0.918. The number of thiophene rings is 1. The van der Waals surface area contributed by atoms with Crippen molar-refractivity contribution in [3.8, 4) is 0 Å². The fourth-order valence-corrected chi connectivity index (χ4v) is 4.76. The number of hydrogen-bond donors (Lipinski definition) is 2. The number of fused-ring (bicyclic) bond motifs is 1. The summed E-state index contributed by atoms with van der Waals surface area (Å²) in [7, 11) is 3.85. The van der Waals surface area contributed by atoms with Gasteiger partial charge in [0.15, 0.2) is 5.13 Å². The summed E-state index contributed by atoms with van der Waals surface area (Å²) >= 11 is 2.86. The second-order valence-electron chi connectivity index (χ2n) is 6.09. The molecule has 0 bridgehead atoms. The Labute approximate surface area is 147 Å². The van der Waals surface area contributed by atoms with Crippen molar-refractivity contribution in [3.05, 3.63) is 10.9 Å². The molecule has 1 fully saturated rings. The first-order valence-electron chi connectivity index (χ1n) is 7.58. The van der Waals surface area contributed by atoms with Crippen LogP contribution in [0.3, 0.4) is 0 Å². The van der Waals surface area contributed by atoms with E-state index in [1.807, 2.05) is 25.1 Å². The van der Waals surface area contributed by atoms with Crippen molar-refractivity contribution in [2.45, 2.75) is 24.8 Å². The SMILES string of the molecule is CN(C)c1nc2sc(C(=O)NC3(CC(=O)O)CCOCC3)cc2s1. The molecule has 1 amide bonds. The van der Waals surface area contributed by atoms with Crippen molar-refractivity contribution in [1.29, 1.82) is 0 Å². The van der Waals surface area contributed by atoms with Gasteiger partial charge in [0.05, 0.1) is 21.5 Å². The normalized spacial score (nSPS) is 16.9. The van der Waals surface area contributed by atoms with Gasteiger partial charge in [0.25, 0.3) is 5.91 Å². The topological polar surface area (TPSA) is 91.8 Å². The molecule has 1 saturated heterocycles. The number of rotatable bonds is 5. The summed E-state index contributed by atoms with van der Waals surface area (Å²) in [5.41, 5.74) is -0.735. The van der Waals surface area contributed by atoms with Crippen molar-refractivity contribution in [3.63, 3.8) is 0 Å². The molecule has 0 radical (unpaired) electrons. The van der Waals surface area contributed by atoms with E-state index in [-0.39, 0.29) is 12.3 Å². The van der Waals surface area contributed by atoms with E-state index >= 15 is 0 Å². The summed E-state index contributed by atoms with van der Waals surface area (Å²) in [5, 5.41) is 13.0. The van der Waals surface area contributed by atoms with E-state index in [2.05, 4.69) is 10.3 Å². The largest absolute Gasteiger partial charge is 0.481 e. The van der Waals surface area contributed by atoms with E-state index in [4.69, 9.17) is 4.74 Å². The third kappa shape index (κ3) is 3.52. The lowest BCUT2D eigenvalue weighted by atomic mass is 9.86. The van der Waals surface area contributed by atoms with Crippen LogP contribution in [0.1, 0.15) is 28.9 Å². The summed E-state index contributed by atoms with van der Waals surface area (Å²) in [5.74, 6) is -1.15. The Morgan fingerprint density at radius 3 is 2.67 bits per heavy atom. The lowest BCUT2D eigenvalue weighted by Gasteiger charge is -2.36. The minimum atomic E-state index is -0.915. The number of ether oxygens (including phenoxy) is 1. The first-order valence-corrected chi connectivity index (χ1v) is 9.22. The Hall–Kier alpha value is -1.71. The van der Waals surface area contributed by atoms with Crippen LogP contribution >= 0.6 is 22.7 Å². The highest BCUT2D eigenvalue weighted by Gasteiger charge is 2.37. The van der Waals surface area contributed by atoms with Gasteiger partial charge in [-0.2, -0.15) is 0 Å². The number of carboxylic acid groups (broad SMARTS) is 1. The summed E-state index contributed by atoms with van der Waals surface area (Å²) in [6.07, 6.45) is 0.923. The van der Waals surface area contributed by atoms with E-state index in [9.17, 15) is 14.7 Å². The van der Waals surface area contributed by atoms with Crippen molar-refractivity contribution in [2.24, 2.45) is 0 Å². The maximum Gasteiger partial charge on any atom is 0.305 e. The Kier molecular flexibility index (Phi) is 4.75. The van der Waals surface area contributed by atoms with Crippen molar-refractivity contribution < 1.29 is 19.4 Å². The monoisotopic (exact) mass is 369 g/mol. The van der Waals surface area contributed by atoms with Gasteiger partial charge >= 0.3 is 5.97 Å². The first kappa shape index (κ1) is 17.1. The van der Waals surface area contributed by atoms with Crippen LogP contribution in [0.5, 0.6) is 0 Å². The Morgan fingerprint density at radius 2 is 2.08 bits per heavy atom. The number of amides is 1. The van der Waals surface area contributed by atoms with Gasteiger partial charge in [-0.15, -0.1) is 11.3 Å². The van der Waals surface area contributed by atoms with Crippen molar-refractivity contribution in [2.75, 3.05) is 32.2 Å². The van der Waals surface area contributed by atoms with E-state index in [0.29, 0.717) is 30.9 Å². The average Bonchev–Trinajstić information content (AvgIpc) is 3.05. The van der Waals surface area contributed by atoms with E-state index in [0.717, 1.165) is 14.7 Å². The van der Waals surface area contributed by atoms with E-state index in [1.165, 1.54) is 22.7 Å². The molecule has 0 atom stereocenters. The number of thiazole rings is 1. The zero-order valence-electron chi connectivity index (χ0n) is 13.5. The van der Waals surface area contributed by atoms with E-state index in [1.54, 1.807) is 0 Å². The van der Waals surface area contributed by atoms with Gasteiger partial charge in [-0.3, -0.25) is 9.59 Å². The number of aromatic nitrogens is 1. The van der Waals surface area contributed by atoms with Crippen molar-refractivity contribution >= 4 is 49.2 Å². The highest BCUT2D eigenvalue weighted by molar-refractivity contribution is 7.29. The number of carbonyl (C=O) groups excluding carboxylic acids is 1. The fraction of sp³-hybridized carbons (Fsp3) is 0.533. The van der Waals surface area contributed by atoms with Crippen LogP contribution < -0.4 is 10.2 Å². The smallest absolute Gasteiger partial charge is 0.305 e. The molecule has 0 aliphatic carbocycles. The van der Waals surface area contributed by atoms with Gasteiger partial charge < -0.3 is 20.1 Å². The van der Waals surface area contributed by atoms with E-state index < -0.39 is 11.5 Å². The van der Waals surface area contributed by atoms with Crippen LogP contribution in [0, 0.1) is 0 Å².